The normalized spacial score (nSPS) is 30.0. The number of rotatable bonds is 31. The maximum atomic E-state index is 13.0. The largest absolute Gasteiger partial charge is 0.394 e. The van der Waals surface area contributed by atoms with Gasteiger partial charge in [0.2, 0.25) is 5.91 Å². The standard InChI is InChI=1S/C40H77NO13/c1-3-5-7-9-11-12-13-14-15-16-17-18-20-22-24-32(45)41-28(29(44)23-21-19-10-8-6-4-2)27-51-39-37(50)35(48)38(31(26-43)53-39)54-40-36(49)34(47)33(46)30(25-42)52-40/h28-31,33-40,42-44,46-50H,3-27H2,1-2H3,(H,41,45). The Morgan fingerprint density at radius 3 is 1.57 bits per heavy atom. The quantitative estimate of drug-likeness (QED) is 0.0462. The van der Waals surface area contributed by atoms with Crippen molar-refractivity contribution in [2.24, 2.45) is 0 Å². The number of hydrogen-bond acceptors (Lipinski definition) is 13. The minimum atomic E-state index is -1.78. The molecule has 0 saturated carbocycles. The highest BCUT2D eigenvalue weighted by atomic mass is 16.7. The number of ether oxygens (including phenoxy) is 4. The molecule has 0 spiro atoms. The zero-order chi connectivity index (χ0) is 39.7. The number of aliphatic hydroxyl groups is 8. The van der Waals surface area contributed by atoms with E-state index in [1.807, 2.05) is 0 Å². The number of unbranched alkanes of at least 4 members (excludes halogenated alkanes) is 18. The van der Waals surface area contributed by atoms with Crippen LogP contribution < -0.4 is 5.32 Å². The Labute approximate surface area is 323 Å². The molecule has 2 heterocycles. The molecule has 2 aliphatic rings. The first-order chi connectivity index (χ1) is 26.1. The van der Waals surface area contributed by atoms with Gasteiger partial charge in [-0.3, -0.25) is 4.79 Å². The molecule has 14 nitrogen and oxygen atoms in total. The van der Waals surface area contributed by atoms with Gasteiger partial charge in [-0.25, -0.2) is 0 Å². The van der Waals surface area contributed by atoms with Gasteiger partial charge in [-0.05, 0) is 12.8 Å². The van der Waals surface area contributed by atoms with E-state index in [-0.39, 0.29) is 12.5 Å². The van der Waals surface area contributed by atoms with Crippen LogP contribution in [0.4, 0.5) is 0 Å². The van der Waals surface area contributed by atoms with Crippen molar-refractivity contribution in [2.75, 3.05) is 19.8 Å². The number of carbonyl (C=O) groups is 1. The fourth-order valence-electron chi connectivity index (χ4n) is 7.23. The van der Waals surface area contributed by atoms with E-state index < -0.39 is 86.8 Å². The highest BCUT2D eigenvalue weighted by Gasteiger charge is 2.50. The third-order valence-electron chi connectivity index (χ3n) is 10.8. The lowest BCUT2D eigenvalue weighted by molar-refractivity contribution is -0.359. The van der Waals surface area contributed by atoms with E-state index in [2.05, 4.69) is 19.2 Å². The summed E-state index contributed by atoms with van der Waals surface area (Å²) >= 11 is 0. The minimum absolute atomic E-state index is 0.212. The molecule has 0 aliphatic carbocycles. The first-order valence-electron chi connectivity index (χ1n) is 21.3. The molecule has 12 atom stereocenters. The summed E-state index contributed by atoms with van der Waals surface area (Å²) in [6.07, 6.45) is 7.30. The molecule has 1 amide bonds. The van der Waals surface area contributed by atoms with Crippen LogP contribution in [0.5, 0.6) is 0 Å². The second-order valence-electron chi connectivity index (χ2n) is 15.5. The molecule has 0 bridgehead atoms. The molecule has 0 aromatic rings. The van der Waals surface area contributed by atoms with E-state index in [0.717, 1.165) is 64.2 Å². The summed E-state index contributed by atoms with van der Waals surface area (Å²) in [5.74, 6) is -0.212. The summed E-state index contributed by atoms with van der Waals surface area (Å²) in [6.45, 7) is 2.75. The highest BCUT2D eigenvalue weighted by molar-refractivity contribution is 5.76. The SMILES string of the molecule is CCCCCCCCCCCCCCCCC(=O)NC(COC1OC(CO)C(OC2OC(CO)C(O)C(O)C2O)C(O)C1O)C(O)CCCCCCCC. The third-order valence-corrected chi connectivity index (χ3v) is 10.8. The zero-order valence-corrected chi connectivity index (χ0v) is 33.2. The highest BCUT2D eigenvalue weighted by Crippen LogP contribution is 2.30. The Hall–Kier alpha value is -1.01. The van der Waals surface area contributed by atoms with Gasteiger partial charge in [0.15, 0.2) is 12.6 Å². The first kappa shape index (κ1) is 49.1. The molecule has 2 rings (SSSR count). The maximum Gasteiger partial charge on any atom is 0.220 e. The van der Waals surface area contributed by atoms with Gasteiger partial charge in [0.05, 0.1) is 32.0 Å². The van der Waals surface area contributed by atoms with E-state index in [4.69, 9.17) is 18.9 Å². The van der Waals surface area contributed by atoms with E-state index in [0.29, 0.717) is 12.8 Å². The Balaban J connectivity index is 1.86. The van der Waals surface area contributed by atoms with Gasteiger partial charge >= 0.3 is 0 Å². The number of aliphatic hydroxyl groups excluding tert-OH is 8. The molecule has 0 aromatic carbocycles. The Bertz CT molecular complexity index is 930. The van der Waals surface area contributed by atoms with E-state index >= 15 is 0 Å². The predicted octanol–water partition coefficient (Wildman–Crippen LogP) is 3.09. The van der Waals surface area contributed by atoms with Crippen molar-refractivity contribution in [1.29, 1.82) is 0 Å². The Morgan fingerprint density at radius 2 is 1.06 bits per heavy atom. The van der Waals surface area contributed by atoms with Crippen molar-refractivity contribution >= 4 is 5.91 Å². The lowest BCUT2D eigenvalue weighted by Crippen LogP contribution is -2.65. The van der Waals surface area contributed by atoms with Gasteiger partial charge in [-0.2, -0.15) is 0 Å². The number of hydrogen-bond donors (Lipinski definition) is 9. The van der Waals surface area contributed by atoms with Gasteiger partial charge in [0, 0.05) is 6.42 Å². The average molecular weight is 780 g/mol. The van der Waals surface area contributed by atoms with Crippen LogP contribution in [0.15, 0.2) is 0 Å². The van der Waals surface area contributed by atoms with Crippen LogP contribution in [0.3, 0.4) is 0 Å². The van der Waals surface area contributed by atoms with Gasteiger partial charge in [-0.1, -0.05) is 136 Å². The molecular weight excluding hydrogens is 702 g/mol. The van der Waals surface area contributed by atoms with E-state index in [1.54, 1.807) is 0 Å². The molecule has 12 unspecified atom stereocenters. The molecule has 2 aliphatic heterocycles. The van der Waals surface area contributed by atoms with Crippen molar-refractivity contribution in [3.8, 4) is 0 Å². The second kappa shape index (κ2) is 29.2. The summed E-state index contributed by atoms with van der Waals surface area (Å²) in [7, 11) is 0. The molecule has 9 N–H and O–H groups in total. The van der Waals surface area contributed by atoms with Crippen molar-refractivity contribution < 1.29 is 64.6 Å². The zero-order valence-electron chi connectivity index (χ0n) is 33.2. The molecule has 14 heteroatoms. The predicted molar refractivity (Wildman–Crippen MR) is 203 cm³/mol. The summed E-state index contributed by atoms with van der Waals surface area (Å²) < 4.78 is 22.6. The van der Waals surface area contributed by atoms with Crippen LogP contribution in [0.1, 0.15) is 155 Å². The lowest BCUT2D eigenvalue weighted by Gasteiger charge is -2.46. The molecule has 0 aromatic heterocycles. The number of amides is 1. The van der Waals surface area contributed by atoms with E-state index in [1.165, 1.54) is 64.2 Å². The third kappa shape index (κ3) is 18.1. The van der Waals surface area contributed by atoms with Gasteiger partial charge in [-0.15, -0.1) is 0 Å². The van der Waals surface area contributed by atoms with Crippen LogP contribution in [0.25, 0.3) is 0 Å². The first-order valence-corrected chi connectivity index (χ1v) is 21.3. The van der Waals surface area contributed by atoms with Crippen molar-refractivity contribution in [3.63, 3.8) is 0 Å². The second-order valence-corrected chi connectivity index (χ2v) is 15.5. The van der Waals surface area contributed by atoms with Crippen LogP contribution in [-0.4, -0.2) is 140 Å². The van der Waals surface area contributed by atoms with Crippen LogP contribution in [0.2, 0.25) is 0 Å². The van der Waals surface area contributed by atoms with Crippen molar-refractivity contribution in [1.82, 2.24) is 5.32 Å². The van der Waals surface area contributed by atoms with Crippen molar-refractivity contribution in [3.05, 3.63) is 0 Å². The lowest BCUT2D eigenvalue weighted by atomic mass is 9.97. The molecule has 320 valence electrons. The molecule has 54 heavy (non-hydrogen) atoms. The molecule has 2 fully saturated rings. The number of nitrogens with one attached hydrogen (secondary N) is 1. The number of carbonyl (C=O) groups excluding carboxylic acids is 1. The van der Waals surface area contributed by atoms with Crippen LogP contribution in [0, 0.1) is 0 Å². The summed E-state index contributed by atoms with van der Waals surface area (Å²) in [4.78, 5) is 13.0. The fraction of sp³-hybridized carbons (Fsp3) is 0.975. The molecule has 2 saturated heterocycles. The topological polar surface area (TPSA) is 228 Å². The Morgan fingerprint density at radius 1 is 0.593 bits per heavy atom. The van der Waals surface area contributed by atoms with Gasteiger partial charge in [0.25, 0.3) is 0 Å². The minimum Gasteiger partial charge on any atom is -0.394 e. The van der Waals surface area contributed by atoms with Crippen LogP contribution >= 0.6 is 0 Å². The fourth-order valence-corrected chi connectivity index (χ4v) is 7.23. The summed E-state index contributed by atoms with van der Waals surface area (Å²) in [5.41, 5.74) is 0. The molecule has 0 radical (unpaired) electrons. The molecular formula is C40H77NO13. The van der Waals surface area contributed by atoms with E-state index in [9.17, 15) is 45.6 Å². The van der Waals surface area contributed by atoms with Crippen molar-refractivity contribution in [2.45, 2.75) is 229 Å². The van der Waals surface area contributed by atoms with Gasteiger partial charge < -0.3 is 65.1 Å². The Kier molecular flexibility index (Phi) is 26.6. The van der Waals surface area contributed by atoms with Crippen LogP contribution in [-0.2, 0) is 23.7 Å². The monoisotopic (exact) mass is 780 g/mol. The smallest absolute Gasteiger partial charge is 0.220 e. The maximum absolute atomic E-state index is 13.0. The van der Waals surface area contributed by atoms with Gasteiger partial charge in [0.1, 0.15) is 48.8 Å². The summed E-state index contributed by atoms with van der Waals surface area (Å²) in [5, 5.41) is 86.1. The summed E-state index contributed by atoms with van der Waals surface area (Å²) in [6, 6.07) is -0.816. The average Bonchev–Trinajstić information content (AvgIpc) is 3.17.